The van der Waals surface area contributed by atoms with E-state index in [4.69, 9.17) is 21.1 Å². The molecule has 1 N–H and O–H groups in total. The van der Waals surface area contributed by atoms with E-state index in [0.717, 1.165) is 9.87 Å². The van der Waals surface area contributed by atoms with Crippen LogP contribution < -0.4 is 19.1 Å². The van der Waals surface area contributed by atoms with Crippen molar-refractivity contribution in [3.05, 3.63) is 82.9 Å². The molecule has 0 saturated carbocycles. The van der Waals surface area contributed by atoms with Crippen LogP contribution in [0.2, 0.25) is 5.02 Å². The molecule has 0 radical (unpaired) electrons. The molecule has 3 aromatic rings. The smallest absolute Gasteiger partial charge is 0.264 e. The first-order chi connectivity index (χ1) is 15.8. The van der Waals surface area contributed by atoms with Gasteiger partial charge in [-0.15, -0.1) is 0 Å². The summed E-state index contributed by atoms with van der Waals surface area (Å²) in [7, 11) is -2.45. The lowest BCUT2D eigenvalue weighted by Gasteiger charge is -2.21. The van der Waals surface area contributed by atoms with Crippen molar-refractivity contribution in [2.24, 2.45) is 0 Å². The Bertz CT molecular complexity index is 1300. The summed E-state index contributed by atoms with van der Waals surface area (Å²) < 4.78 is 38.5. The Morgan fingerprint density at radius 2 is 1.73 bits per heavy atom. The largest absolute Gasteiger partial charge is 0.486 e. The van der Waals surface area contributed by atoms with Crippen molar-refractivity contribution >= 4 is 33.2 Å². The number of rotatable bonds is 6. The van der Waals surface area contributed by atoms with Crippen molar-refractivity contribution in [3.63, 3.8) is 0 Å². The molecule has 3 aromatic carbocycles. The molecule has 1 aliphatic heterocycles. The first kappa shape index (κ1) is 22.9. The molecule has 1 atom stereocenters. The predicted molar refractivity (Wildman–Crippen MR) is 127 cm³/mol. The van der Waals surface area contributed by atoms with Crippen LogP contribution in [0.3, 0.4) is 0 Å². The number of benzene rings is 3. The van der Waals surface area contributed by atoms with E-state index in [1.807, 2.05) is 25.1 Å². The number of hydrogen-bond donors (Lipinski definition) is 1. The molecule has 4 rings (SSSR count). The van der Waals surface area contributed by atoms with Crippen LogP contribution in [0, 0.1) is 0 Å². The SMILES string of the molecule is C[C@@H](NC(=O)c1cccc(S(=O)(=O)N(C)c2cccc(Cl)c2)c1)c1ccc2c(c1)OCCO2. The highest BCUT2D eigenvalue weighted by molar-refractivity contribution is 7.92. The summed E-state index contributed by atoms with van der Waals surface area (Å²) in [6.07, 6.45) is 0. The zero-order valence-electron chi connectivity index (χ0n) is 18.1. The van der Waals surface area contributed by atoms with Crippen LogP contribution in [0.5, 0.6) is 11.5 Å². The molecule has 172 valence electrons. The zero-order chi connectivity index (χ0) is 23.6. The van der Waals surface area contributed by atoms with Gasteiger partial charge in [0.1, 0.15) is 13.2 Å². The van der Waals surface area contributed by atoms with Crippen LogP contribution in [0.1, 0.15) is 28.9 Å². The van der Waals surface area contributed by atoms with Crippen LogP contribution in [0.15, 0.2) is 71.6 Å². The monoisotopic (exact) mass is 486 g/mol. The molecule has 0 saturated heterocycles. The lowest BCUT2D eigenvalue weighted by Crippen LogP contribution is -2.28. The van der Waals surface area contributed by atoms with E-state index in [0.29, 0.717) is 35.4 Å². The number of fused-ring (bicyclic) bond motifs is 1. The number of nitrogens with zero attached hydrogens (tertiary/aromatic N) is 1. The Morgan fingerprint density at radius 1 is 1.00 bits per heavy atom. The van der Waals surface area contributed by atoms with Gasteiger partial charge in [0, 0.05) is 17.6 Å². The van der Waals surface area contributed by atoms with Gasteiger partial charge in [0.25, 0.3) is 15.9 Å². The van der Waals surface area contributed by atoms with Crippen LogP contribution in [0.25, 0.3) is 0 Å². The third-order valence-corrected chi connectivity index (χ3v) is 7.36. The van der Waals surface area contributed by atoms with Gasteiger partial charge in [-0.3, -0.25) is 9.10 Å². The highest BCUT2D eigenvalue weighted by Crippen LogP contribution is 2.32. The van der Waals surface area contributed by atoms with E-state index in [1.54, 1.807) is 36.4 Å². The standard InChI is InChI=1S/C24H23ClN2O5S/c1-16(17-9-10-22-23(14-17)32-12-11-31-22)26-24(28)18-5-3-8-21(13-18)33(29,30)27(2)20-7-4-6-19(25)15-20/h3-10,13-16H,11-12H2,1-2H3,(H,26,28)/t16-/m1/s1. The molecule has 0 fully saturated rings. The maximum absolute atomic E-state index is 13.1. The third-order valence-electron chi connectivity index (χ3n) is 5.34. The third kappa shape index (κ3) is 4.91. The quantitative estimate of drug-likeness (QED) is 0.557. The fourth-order valence-corrected chi connectivity index (χ4v) is 4.88. The number of amides is 1. The average Bonchev–Trinajstić information content (AvgIpc) is 2.83. The van der Waals surface area contributed by atoms with Crippen molar-refractivity contribution in [2.75, 3.05) is 24.6 Å². The van der Waals surface area contributed by atoms with Crippen molar-refractivity contribution < 1.29 is 22.7 Å². The van der Waals surface area contributed by atoms with Crippen molar-refractivity contribution in [2.45, 2.75) is 17.9 Å². The van der Waals surface area contributed by atoms with E-state index in [2.05, 4.69) is 5.32 Å². The molecule has 0 spiro atoms. The number of nitrogens with one attached hydrogen (secondary N) is 1. The van der Waals surface area contributed by atoms with Gasteiger partial charge < -0.3 is 14.8 Å². The van der Waals surface area contributed by atoms with Gasteiger partial charge in [-0.25, -0.2) is 8.42 Å². The fourth-order valence-electron chi connectivity index (χ4n) is 3.46. The summed E-state index contributed by atoms with van der Waals surface area (Å²) in [5.74, 6) is 0.919. The van der Waals surface area contributed by atoms with Crippen molar-refractivity contribution in [1.29, 1.82) is 0 Å². The number of sulfonamides is 1. The van der Waals surface area contributed by atoms with Crippen LogP contribution in [0.4, 0.5) is 5.69 Å². The van der Waals surface area contributed by atoms with Gasteiger partial charge in [-0.1, -0.05) is 29.8 Å². The minimum absolute atomic E-state index is 0.00427. The Morgan fingerprint density at radius 3 is 2.48 bits per heavy atom. The van der Waals surface area contributed by atoms with Gasteiger partial charge in [0.2, 0.25) is 0 Å². The van der Waals surface area contributed by atoms with Gasteiger partial charge in [-0.05, 0) is 61.0 Å². The lowest BCUT2D eigenvalue weighted by atomic mass is 10.1. The second-order valence-corrected chi connectivity index (χ2v) is 9.98. The summed E-state index contributed by atoms with van der Waals surface area (Å²) in [6.45, 7) is 2.82. The molecule has 0 unspecified atom stereocenters. The molecule has 33 heavy (non-hydrogen) atoms. The van der Waals surface area contributed by atoms with Crippen molar-refractivity contribution in [1.82, 2.24) is 5.32 Å². The van der Waals surface area contributed by atoms with E-state index in [1.165, 1.54) is 19.2 Å². The number of ether oxygens (including phenoxy) is 2. The fraction of sp³-hybridized carbons (Fsp3) is 0.208. The number of carbonyl (C=O) groups excluding carboxylic acids is 1. The van der Waals surface area contributed by atoms with E-state index in [-0.39, 0.29) is 22.4 Å². The molecule has 0 aromatic heterocycles. The van der Waals surface area contributed by atoms with Crippen molar-refractivity contribution in [3.8, 4) is 11.5 Å². The highest BCUT2D eigenvalue weighted by Gasteiger charge is 2.23. The Balaban J connectivity index is 1.53. The first-order valence-electron chi connectivity index (χ1n) is 10.3. The van der Waals surface area contributed by atoms with E-state index in [9.17, 15) is 13.2 Å². The van der Waals surface area contributed by atoms with Crippen LogP contribution in [-0.2, 0) is 10.0 Å². The number of carbonyl (C=O) groups is 1. The average molecular weight is 487 g/mol. The predicted octanol–water partition coefficient (Wildman–Crippen LogP) is 4.43. The maximum Gasteiger partial charge on any atom is 0.264 e. The molecule has 0 bridgehead atoms. The topological polar surface area (TPSA) is 84.9 Å². The zero-order valence-corrected chi connectivity index (χ0v) is 19.7. The molecule has 1 heterocycles. The summed E-state index contributed by atoms with van der Waals surface area (Å²) in [5, 5.41) is 3.33. The maximum atomic E-state index is 13.1. The van der Waals surface area contributed by atoms with Crippen LogP contribution in [-0.4, -0.2) is 34.6 Å². The number of halogens is 1. The number of hydrogen-bond acceptors (Lipinski definition) is 5. The van der Waals surface area contributed by atoms with Gasteiger partial charge in [-0.2, -0.15) is 0 Å². The Hall–Kier alpha value is -3.23. The van der Waals surface area contributed by atoms with E-state index >= 15 is 0 Å². The molecular formula is C24H23ClN2O5S. The summed E-state index contributed by atoms with van der Waals surface area (Å²) in [5.41, 5.74) is 1.50. The minimum atomic E-state index is -3.89. The normalized spacial score (nSPS) is 13.8. The molecular weight excluding hydrogens is 464 g/mol. The molecule has 9 heteroatoms. The Kier molecular flexibility index (Phi) is 6.49. The van der Waals surface area contributed by atoms with Gasteiger partial charge >= 0.3 is 0 Å². The summed E-state index contributed by atoms with van der Waals surface area (Å²) in [6, 6.07) is 17.7. The first-order valence-corrected chi connectivity index (χ1v) is 12.1. The van der Waals surface area contributed by atoms with Crippen LogP contribution >= 0.6 is 11.6 Å². The second-order valence-electron chi connectivity index (χ2n) is 7.58. The minimum Gasteiger partial charge on any atom is -0.486 e. The molecule has 1 aliphatic rings. The lowest BCUT2D eigenvalue weighted by molar-refractivity contribution is 0.0939. The Labute approximate surface area is 197 Å². The van der Waals surface area contributed by atoms with Gasteiger partial charge in [0.05, 0.1) is 16.6 Å². The second kappa shape index (κ2) is 9.33. The molecule has 0 aliphatic carbocycles. The summed E-state index contributed by atoms with van der Waals surface area (Å²) >= 11 is 6.00. The summed E-state index contributed by atoms with van der Waals surface area (Å²) in [4.78, 5) is 12.9. The van der Waals surface area contributed by atoms with Gasteiger partial charge in [0.15, 0.2) is 11.5 Å². The molecule has 1 amide bonds. The molecule has 7 nitrogen and oxygen atoms in total. The van der Waals surface area contributed by atoms with E-state index < -0.39 is 10.0 Å². The highest BCUT2D eigenvalue weighted by atomic mass is 35.5. The number of anilines is 1.